The first-order valence-corrected chi connectivity index (χ1v) is 9.69. The lowest BCUT2D eigenvalue weighted by Crippen LogP contribution is -2.22. The van der Waals surface area contributed by atoms with E-state index in [-0.39, 0.29) is 23.0 Å². The van der Waals surface area contributed by atoms with E-state index in [2.05, 4.69) is 10.6 Å². The summed E-state index contributed by atoms with van der Waals surface area (Å²) in [6, 6.07) is 12.1. The third-order valence-corrected chi connectivity index (χ3v) is 4.42. The van der Waals surface area contributed by atoms with Crippen LogP contribution in [0.1, 0.15) is 17.3 Å². The zero-order chi connectivity index (χ0) is 21.2. The first-order chi connectivity index (χ1) is 13.8. The van der Waals surface area contributed by atoms with E-state index >= 15 is 0 Å². The van der Waals surface area contributed by atoms with Gasteiger partial charge in [0.2, 0.25) is 5.91 Å². The van der Waals surface area contributed by atoms with Gasteiger partial charge in [0.15, 0.2) is 12.4 Å². The Kier molecular flexibility index (Phi) is 8.35. The number of thioether (sulfide) groups is 1. The molecule has 0 spiro atoms. The number of hydrogen-bond acceptors (Lipinski definition) is 6. The summed E-state index contributed by atoms with van der Waals surface area (Å²) < 4.78 is 18.3. The molecule has 0 aliphatic heterocycles. The largest absolute Gasteiger partial charge is 0.455 e. The van der Waals surface area contributed by atoms with Gasteiger partial charge in [0, 0.05) is 11.3 Å². The molecular formula is C20H19FN2O5S. The number of carbonyl (C=O) groups excluding carboxylic acids is 4. The van der Waals surface area contributed by atoms with Gasteiger partial charge in [-0.1, -0.05) is 24.3 Å². The first-order valence-electron chi connectivity index (χ1n) is 8.54. The number of anilines is 2. The van der Waals surface area contributed by atoms with Gasteiger partial charge in [0.25, 0.3) is 5.91 Å². The van der Waals surface area contributed by atoms with Crippen molar-refractivity contribution in [3.05, 3.63) is 59.9 Å². The number of ketones is 1. The van der Waals surface area contributed by atoms with Crippen LogP contribution in [-0.2, 0) is 19.1 Å². The van der Waals surface area contributed by atoms with Crippen molar-refractivity contribution in [1.29, 1.82) is 0 Å². The Morgan fingerprint density at radius 3 is 2.45 bits per heavy atom. The number of amides is 2. The van der Waals surface area contributed by atoms with Crippen LogP contribution in [0.3, 0.4) is 0 Å². The van der Waals surface area contributed by atoms with Crippen LogP contribution >= 0.6 is 11.8 Å². The molecule has 0 heterocycles. The molecule has 0 saturated carbocycles. The summed E-state index contributed by atoms with van der Waals surface area (Å²) in [5.41, 5.74) is 0.925. The van der Waals surface area contributed by atoms with E-state index in [9.17, 15) is 23.6 Å². The molecule has 2 N–H and O–H groups in total. The molecule has 2 aromatic rings. The summed E-state index contributed by atoms with van der Waals surface area (Å²) in [5.74, 6) is -2.59. The van der Waals surface area contributed by atoms with Gasteiger partial charge in [-0.2, -0.15) is 0 Å². The summed E-state index contributed by atoms with van der Waals surface area (Å²) in [5, 5.41) is 4.92. The lowest BCUT2D eigenvalue weighted by Gasteiger charge is -2.08. The van der Waals surface area contributed by atoms with Crippen LogP contribution in [0, 0.1) is 5.82 Å². The number of rotatable bonds is 9. The Labute approximate surface area is 171 Å². The van der Waals surface area contributed by atoms with Crippen molar-refractivity contribution in [2.75, 3.05) is 28.7 Å². The van der Waals surface area contributed by atoms with E-state index in [0.717, 1.165) is 11.8 Å². The number of Topliss-reactive ketones (excluding diaryl/α,β-unsaturated/α-hetero) is 1. The van der Waals surface area contributed by atoms with Crippen molar-refractivity contribution in [1.82, 2.24) is 0 Å². The molecule has 0 atom stereocenters. The van der Waals surface area contributed by atoms with E-state index in [1.165, 1.54) is 31.2 Å². The smallest absolute Gasteiger partial charge is 0.316 e. The van der Waals surface area contributed by atoms with Crippen molar-refractivity contribution in [3.8, 4) is 0 Å². The molecule has 0 unspecified atom stereocenters. The molecule has 0 aliphatic rings. The SMILES string of the molecule is CC(=O)c1cccc(NC(=O)COC(=O)CSCC(=O)Nc2ccccc2F)c1. The third kappa shape index (κ3) is 7.74. The Morgan fingerprint density at radius 1 is 0.966 bits per heavy atom. The number of para-hydroxylation sites is 1. The van der Waals surface area contributed by atoms with Crippen molar-refractivity contribution < 1.29 is 28.3 Å². The Hall–Kier alpha value is -3.20. The molecule has 152 valence electrons. The second kappa shape index (κ2) is 11.0. The van der Waals surface area contributed by atoms with E-state index in [1.807, 2.05) is 0 Å². The van der Waals surface area contributed by atoms with Crippen LogP contribution in [0.15, 0.2) is 48.5 Å². The van der Waals surface area contributed by atoms with Gasteiger partial charge in [-0.3, -0.25) is 19.2 Å². The molecule has 2 amide bonds. The minimum Gasteiger partial charge on any atom is -0.455 e. The van der Waals surface area contributed by atoms with Gasteiger partial charge >= 0.3 is 5.97 Å². The molecule has 0 saturated heterocycles. The average molecular weight is 418 g/mol. The number of carbonyl (C=O) groups is 4. The molecule has 2 rings (SSSR count). The lowest BCUT2D eigenvalue weighted by molar-refractivity contribution is -0.144. The fraction of sp³-hybridized carbons (Fsp3) is 0.200. The van der Waals surface area contributed by atoms with Gasteiger partial charge in [0.05, 0.1) is 17.2 Å². The van der Waals surface area contributed by atoms with Gasteiger partial charge < -0.3 is 15.4 Å². The Bertz CT molecular complexity index is 919. The second-order valence-corrected chi connectivity index (χ2v) is 6.85. The summed E-state index contributed by atoms with van der Waals surface area (Å²) in [6.45, 7) is 0.919. The summed E-state index contributed by atoms with van der Waals surface area (Å²) >= 11 is 0.977. The maximum absolute atomic E-state index is 13.4. The molecule has 2 aromatic carbocycles. The fourth-order valence-corrected chi connectivity index (χ4v) is 2.79. The standard InChI is InChI=1S/C20H19FN2O5S/c1-13(24)14-5-4-6-15(9-14)22-18(25)10-28-20(27)12-29-11-19(26)23-17-8-3-2-7-16(17)21/h2-9H,10-12H2,1H3,(H,22,25)(H,23,26). The van der Waals surface area contributed by atoms with E-state index in [4.69, 9.17) is 4.74 Å². The highest BCUT2D eigenvalue weighted by Gasteiger charge is 2.11. The number of hydrogen-bond donors (Lipinski definition) is 2. The van der Waals surface area contributed by atoms with Crippen molar-refractivity contribution >= 4 is 46.7 Å². The van der Waals surface area contributed by atoms with Crippen LogP contribution in [0.2, 0.25) is 0 Å². The molecule has 7 nitrogen and oxygen atoms in total. The van der Waals surface area contributed by atoms with E-state index in [0.29, 0.717) is 11.3 Å². The molecule has 29 heavy (non-hydrogen) atoms. The van der Waals surface area contributed by atoms with Crippen molar-refractivity contribution in [3.63, 3.8) is 0 Å². The van der Waals surface area contributed by atoms with Crippen LogP contribution in [0.25, 0.3) is 0 Å². The molecular weight excluding hydrogens is 399 g/mol. The second-order valence-electron chi connectivity index (χ2n) is 5.87. The number of ether oxygens (including phenoxy) is 1. The number of esters is 1. The quantitative estimate of drug-likeness (QED) is 0.480. The number of benzene rings is 2. The topological polar surface area (TPSA) is 102 Å². The Balaban J connectivity index is 1.67. The van der Waals surface area contributed by atoms with E-state index in [1.54, 1.807) is 24.3 Å². The van der Waals surface area contributed by atoms with Gasteiger partial charge in [0.1, 0.15) is 5.82 Å². The van der Waals surface area contributed by atoms with Crippen LogP contribution in [0.4, 0.5) is 15.8 Å². The highest BCUT2D eigenvalue weighted by Crippen LogP contribution is 2.13. The van der Waals surface area contributed by atoms with Crippen LogP contribution in [-0.4, -0.2) is 41.7 Å². The van der Waals surface area contributed by atoms with Crippen molar-refractivity contribution in [2.24, 2.45) is 0 Å². The molecule has 9 heteroatoms. The maximum Gasteiger partial charge on any atom is 0.316 e. The number of halogens is 1. The molecule has 0 aliphatic carbocycles. The zero-order valence-electron chi connectivity index (χ0n) is 15.6. The van der Waals surface area contributed by atoms with Gasteiger partial charge in [-0.05, 0) is 31.2 Å². The van der Waals surface area contributed by atoms with E-state index < -0.39 is 30.2 Å². The average Bonchev–Trinajstić information content (AvgIpc) is 2.68. The zero-order valence-corrected chi connectivity index (χ0v) is 16.4. The van der Waals surface area contributed by atoms with Crippen molar-refractivity contribution in [2.45, 2.75) is 6.92 Å². The highest BCUT2D eigenvalue weighted by molar-refractivity contribution is 8.00. The minimum atomic E-state index is -0.665. The predicted octanol–water partition coefficient (Wildman–Crippen LogP) is 2.88. The van der Waals surface area contributed by atoms with Crippen LogP contribution in [0.5, 0.6) is 0 Å². The normalized spacial score (nSPS) is 10.1. The Morgan fingerprint density at radius 2 is 1.72 bits per heavy atom. The molecule has 0 aromatic heterocycles. The maximum atomic E-state index is 13.4. The lowest BCUT2D eigenvalue weighted by atomic mass is 10.1. The minimum absolute atomic E-state index is 0.0613. The summed E-state index contributed by atoms with van der Waals surface area (Å²) in [6.07, 6.45) is 0. The summed E-state index contributed by atoms with van der Waals surface area (Å²) in [4.78, 5) is 46.6. The first kappa shape index (κ1) is 22.1. The third-order valence-electron chi connectivity index (χ3n) is 3.52. The molecule has 0 fully saturated rings. The van der Waals surface area contributed by atoms with Gasteiger partial charge in [-0.25, -0.2) is 4.39 Å². The molecule has 0 bridgehead atoms. The fourth-order valence-electron chi connectivity index (χ4n) is 2.18. The highest BCUT2D eigenvalue weighted by atomic mass is 32.2. The summed E-state index contributed by atoms with van der Waals surface area (Å²) in [7, 11) is 0. The number of nitrogens with one attached hydrogen (secondary N) is 2. The predicted molar refractivity (Wildman–Crippen MR) is 108 cm³/mol. The van der Waals surface area contributed by atoms with Gasteiger partial charge in [-0.15, -0.1) is 11.8 Å². The monoisotopic (exact) mass is 418 g/mol. The van der Waals surface area contributed by atoms with Crippen LogP contribution < -0.4 is 10.6 Å². The molecule has 0 radical (unpaired) electrons.